The van der Waals surface area contributed by atoms with E-state index in [9.17, 15) is 14.2 Å². The van der Waals surface area contributed by atoms with Crippen molar-refractivity contribution in [3.8, 4) is 5.75 Å². The van der Waals surface area contributed by atoms with Crippen LogP contribution in [0.15, 0.2) is 60.7 Å². The van der Waals surface area contributed by atoms with Crippen LogP contribution in [0.25, 0.3) is 0 Å². The first-order chi connectivity index (χ1) is 10.5. The number of hydrogen-bond donors (Lipinski definition) is 1. The molecule has 2 rings (SSSR count). The summed E-state index contributed by atoms with van der Waals surface area (Å²) < 4.78 is 17.7. The van der Waals surface area contributed by atoms with Crippen LogP contribution < -0.4 is 9.84 Å². The highest BCUT2D eigenvalue weighted by atomic mass is 31.2. The Labute approximate surface area is 128 Å². The van der Waals surface area contributed by atoms with Crippen LogP contribution in [-0.2, 0) is 9.36 Å². The van der Waals surface area contributed by atoms with Gasteiger partial charge in [0.2, 0.25) is 5.78 Å². The number of Topliss-reactive ketones (excluding diaryl/α,β-unsaturated/α-hetero) is 1. The van der Waals surface area contributed by atoms with Crippen LogP contribution in [0.5, 0.6) is 5.75 Å². The molecule has 2 aromatic carbocycles. The van der Waals surface area contributed by atoms with Crippen molar-refractivity contribution in [2.75, 3.05) is 13.0 Å². The van der Waals surface area contributed by atoms with E-state index in [0.29, 0.717) is 5.75 Å². The fourth-order valence-electron chi connectivity index (χ4n) is 1.75. The number of benzene rings is 2. The van der Waals surface area contributed by atoms with Crippen LogP contribution in [0.1, 0.15) is 10.4 Å². The summed E-state index contributed by atoms with van der Waals surface area (Å²) in [4.78, 5) is 23.7. The van der Waals surface area contributed by atoms with Crippen molar-refractivity contribution >= 4 is 19.1 Å². The molecule has 0 aromatic heterocycles. The van der Waals surface area contributed by atoms with Gasteiger partial charge in [-0.1, -0.05) is 48.5 Å². The van der Waals surface area contributed by atoms with Crippen LogP contribution in [0.2, 0.25) is 0 Å². The third-order valence-electron chi connectivity index (χ3n) is 2.81. The maximum Gasteiger partial charge on any atom is 0.292 e. The lowest BCUT2D eigenvalue weighted by Gasteiger charge is -2.15. The lowest BCUT2D eigenvalue weighted by molar-refractivity contribution is -0.116. The SMILES string of the molecule is CP(=O)(CNC(=O)C(=O)c1ccccc1)Oc1ccccc1. The van der Waals surface area contributed by atoms with Crippen molar-refractivity contribution in [3.05, 3.63) is 66.2 Å². The topological polar surface area (TPSA) is 72.5 Å². The van der Waals surface area contributed by atoms with Crippen molar-refractivity contribution in [2.24, 2.45) is 0 Å². The zero-order valence-electron chi connectivity index (χ0n) is 12.1. The number of carbonyl (C=O) groups is 2. The van der Waals surface area contributed by atoms with Gasteiger partial charge in [0.15, 0.2) is 0 Å². The summed E-state index contributed by atoms with van der Waals surface area (Å²) in [6.07, 6.45) is -0.209. The third-order valence-corrected chi connectivity index (χ3v) is 4.14. The number of para-hydroxylation sites is 1. The zero-order valence-corrected chi connectivity index (χ0v) is 13.0. The number of hydrogen-bond acceptors (Lipinski definition) is 4. The van der Waals surface area contributed by atoms with E-state index in [1.165, 1.54) is 6.66 Å². The summed E-state index contributed by atoms with van der Waals surface area (Å²) in [6.45, 7) is 1.41. The molecule has 114 valence electrons. The Morgan fingerprint density at radius 1 is 1.00 bits per heavy atom. The molecule has 0 spiro atoms. The highest BCUT2D eigenvalue weighted by Gasteiger charge is 2.22. The standard InChI is InChI=1S/C16H16NO4P/c1-22(20,21-14-10-6-3-7-11-14)12-17-16(19)15(18)13-8-4-2-5-9-13/h2-11H,12H2,1H3,(H,17,19). The summed E-state index contributed by atoms with van der Waals surface area (Å²) in [6, 6.07) is 16.9. The molecule has 0 heterocycles. The van der Waals surface area contributed by atoms with Gasteiger partial charge in [0, 0.05) is 12.2 Å². The Morgan fingerprint density at radius 3 is 2.14 bits per heavy atom. The molecular weight excluding hydrogens is 301 g/mol. The zero-order chi connectivity index (χ0) is 16.0. The van der Waals surface area contributed by atoms with E-state index in [4.69, 9.17) is 4.52 Å². The predicted octanol–water partition coefficient (Wildman–Crippen LogP) is 2.93. The molecule has 0 fully saturated rings. The molecule has 1 unspecified atom stereocenters. The maximum atomic E-state index is 12.3. The number of amides is 1. The van der Waals surface area contributed by atoms with Gasteiger partial charge in [-0.05, 0) is 12.1 Å². The first kappa shape index (κ1) is 16.0. The van der Waals surface area contributed by atoms with Crippen LogP contribution in [-0.4, -0.2) is 24.6 Å². The van der Waals surface area contributed by atoms with Crippen LogP contribution in [0.3, 0.4) is 0 Å². The Hall–Kier alpha value is -2.39. The van der Waals surface area contributed by atoms with E-state index in [2.05, 4.69) is 5.32 Å². The summed E-state index contributed by atoms with van der Waals surface area (Å²) in [5.41, 5.74) is 0.287. The Kier molecular flexibility index (Phi) is 5.12. The highest BCUT2D eigenvalue weighted by molar-refractivity contribution is 7.58. The number of carbonyl (C=O) groups excluding carboxylic acids is 2. The van der Waals surface area contributed by atoms with Crippen molar-refractivity contribution in [3.63, 3.8) is 0 Å². The largest absolute Gasteiger partial charge is 0.442 e. The molecule has 0 radical (unpaired) electrons. The van der Waals surface area contributed by atoms with Gasteiger partial charge in [-0.3, -0.25) is 14.2 Å². The van der Waals surface area contributed by atoms with Crippen molar-refractivity contribution in [2.45, 2.75) is 0 Å². The van der Waals surface area contributed by atoms with E-state index in [1.54, 1.807) is 54.6 Å². The second-order valence-electron chi connectivity index (χ2n) is 4.78. The molecule has 0 aliphatic rings. The Morgan fingerprint density at radius 2 is 1.55 bits per heavy atom. The molecule has 0 saturated heterocycles. The molecule has 0 aliphatic heterocycles. The smallest absolute Gasteiger partial charge is 0.292 e. The summed E-state index contributed by atoms with van der Waals surface area (Å²) in [5.74, 6) is -1.01. The summed E-state index contributed by atoms with van der Waals surface area (Å²) in [7, 11) is -3.08. The van der Waals surface area contributed by atoms with Gasteiger partial charge < -0.3 is 9.84 Å². The molecule has 0 bridgehead atoms. The number of nitrogens with one attached hydrogen (secondary N) is 1. The average molecular weight is 317 g/mol. The first-order valence-corrected chi connectivity index (χ1v) is 8.92. The lowest BCUT2D eigenvalue weighted by atomic mass is 10.1. The van der Waals surface area contributed by atoms with E-state index in [-0.39, 0.29) is 11.8 Å². The summed E-state index contributed by atoms with van der Waals surface area (Å²) >= 11 is 0. The molecule has 0 aliphatic carbocycles. The molecule has 6 heteroatoms. The van der Waals surface area contributed by atoms with Gasteiger partial charge in [0.25, 0.3) is 13.3 Å². The summed E-state index contributed by atoms with van der Waals surface area (Å²) in [5, 5.41) is 2.36. The fraction of sp³-hybridized carbons (Fsp3) is 0.125. The van der Waals surface area contributed by atoms with Gasteiger partial charge in [-0.15, -0.1) is 0 Å². The lowest BCUT2D eigenvalue weighted by Crippen LogP contribution is -2.32. The van der Waals surface area contributed by atoms with E-state index in [0.717, 1.165) is 0 Å². The van der Waals surface area contributed by atoms with E-state index < -0.39 is 19.1 Å². The average Bonchev–Trinajstić information content (AvgIpc) is 2.53. The molecule has 5 nitrogen and oxygen atoms in total. The Bertz CT molecular complexity index is 701. The molecule has 1 amide bonds. The normalized spacial score (nSPS) is 13.0. The van der Waals surface area contributed by atoms with Gasteiger partial charge in [-0.2, -0.15) is 0 Å². The predicted molar refractivity (Wildman–Crippen MR) is 84.4 cm³/mol. The van der Waals surface area contributed by atoms with Crippen LogP contribution in [0, 0.1) is 0 Å². The molecule has 1 atom stereocenters. The van der Waals surface area contributed by atoms with Crippen molar-refractivity contribution in [1.82, 2.24) is 5.32 Å². The quantitative estimate of drug-likeness (QED) is 0.505. The molecule has 1 N–H and O–H groups in total. The maximum absolute atomic E-state index is 12.3. The van der Waals surface area contributed by atoms with Crippen molar-refractivity contribution < 1.29 is 18.7 Å². The second kappa shape index (κ2) is 7.05. The number of rotatable bonds is 6. The van der Waals surface area contributed by atoms with Crippen molar-refractivity contribution in [1.29, 1.82) is 0 Å². The second-order valence-corrected chi connectivity index (χ2v) is 7.30. The van der Waals surface area contributed by atoms with Gasteiger partial charge in [0.05, 0.1) is 0 Å². The number of ketones is 1. The van der Waals surface area contributed by atoms with Gasteiger partial charge in [0.1, 0.15) is 12.0 Å². The van der Waals surface area contributed by atoms with E-state index >= 15 is 0 Å². The molecule has 2 aromatic rings. The van der Waals surface area contributed by atoms with Gasteiger partial charge >= 0.3 is 0 Å². The monoisotopic (exact) mass is 317 g/mol. The highest BCUT2D eigenvalue weighted by Crippen LogP contribution is 2.41. The minimum atomic E-state index is -3.08. The van der Waals surface area contributed by atoms with Crippen LogP contribution >= 0.6 is 7.37 Å². The molecular formula is C16H16NO4P. The minimum absolute atomic E-state index is 0.209. The minimum Gasteiger partial charge on any atom is -0.442 e. The first-order valence-electron chi connectivity index (χ1n) is 6.67. The Balaban J connectivity index is 1.93. The fourth-order valence-corrected chi connectivity index (χ4v) is 2.82. The molecule has 22 heavy (non-hydrogen) atoms. The third kappa shape index (κ3) is 4.57. The molecule has 0 saturated carbocycles. The van der Waals surface area contributed by atoms with Crippen LogP contribution in [0.4, 0.5) is 0 Å². The van der Waals surface area contributed by atoms with E-state index in [1.807, 2.05) is 6.07 Å². The van der Waals surface area contributed by atoms with Gasteiger partial charge in [-0.25, -0.2) is 0 Å².